The molecule has 0 unspecified atom stereocenters. The van der Waals surface area contributed by atoms with Crippen molar-refractivity contribution in [2.75, 3.05) is 6.61 Å². The van der Waals surface area contributed by atoms with Crippen molar-refractivity contribution in [1.82, 2.24) is 10.2 Å². The highest BCUT2D eigenvalue weighted by Gasteiger charge is 2.14. The summed E-state index contributed by atoms with van der Waals surface area (Å²) in [5.74, 6) is 1.84. The zero-order chi connectivity index (χ0) is 12.3. The van der Waals surface area contributed by atoms with Gasteiger partial charge in [-0.15, -0.1) is 5.10 Å². The lowest BCUT2D eigenvalue weighted by atomic mass is 10.3. The maximum absolute atomic E-state index is 5.80. The Balaban J connectivity index is 2.29. The van der Waals surface area contributed by atoms with Gasteiger partial charge in [-0.25, -0.2) is 0 Å². The molecular weight excluding hydrogens is 284 g/mol. The highest BCUT2D eigenvalue weighted by molar-refractivity contribution is 9.10. The van der Waals surface area contributed by atoms with E-state index in [9.17, 15) is 0 Å². The third-order valence-corrected chi connectivity index (χ3v) is 2.84. The van der Waals surface area contributed by atoms with Gasteiger partial charge in [-0.1, -0.05) is 12.1 Å². The van der Waals surface area contributed by atoms with Gasteiger partial charge < -0.3 is 9.47 Å². The molecule has 5 heteroatoms. The molecule has 4 nitrogen and oxygen atoms in total. The number of aryl methyl sites for hydroxylation is 1. The van der Waals surface area contributed by atoms with Crippen LogP contribution in [0.3, 0.4) is 0 Å². The van der Waals surface area contributed by atoms with Gasteiger partial charge >= 0.3 is 0 Å². The minimum absolute atomic E-state index is 0.487. The van der Waals surface area contributed by atoms with Crippen LogP contribution < -0.4 is 9.47 Å². The number of aromatic nitrogens is 2. The Morgan fingerprint density at radius 1 is 1.35 bits per heavy atom. The Morgan fingerprint density at radius 3 is 2.82 bits per heavy atom. The van der Waals surface area contributed by atoms with E-state index in [0.717, 1.165) is 15.9 Å². The third-order valence-electron chi connectivity index (χ3n) is 2.19. The van der Waals surface area contributed by atoms with E-state index in [1.165, 1.54) is 0 Å². The molecule has 1 aromatic carbocycles. The van der Waals surface area contributed by atoms with Crippen LogP contribution in [-0.2, 0) is 0 Å². The first kappa shape index (κ1) is 12.0. The smallest absolute Gasteiger partial charge is 0.276 e. The Kier molecular flexibility index (Phi) is 3.68. The molecule has 1 heterocycles. The molecule has 0 aliphatic carbocycles. The molecule has 0 saturated heterocycles. The molecule has 1 N–H and O–H groups in total. The number of ether oxygens (including phenoxy) is 2. The van der Waals surface area contributed by atoms with Gasteiger partial charge in [0.05, 0.1) is 16.8 Å². The van der Waals surface area contributed by atoms with Gasteiger partial charge in [0.1, 0.15) is 5.75 Å². The largest absolute Gasteiger partial charge is 0.474 e. The minimum atomic E-state index is 0.487. The Morgan fingerprint density at radius 2 is 2.12 bits per heavy atom. The first-order valence-electron chi connectivity index (χ1n) is 5.32. The van der Waals surface area contributed by atoms with Gasteiger partial charge in [-0.2, -0.15) is 0 Å². The van der Waals surface area contributed by atoms with Crippen molar-refractivity contribution in [1.29, 1.82) is 0 Å². The van der Waals surface area contributed by atoms with Crippen molar-refractivity contribution in [3.63, 3.8) is 0 Å². The minimum Gasteiger partial charge on any atom is -0.474 e. The van der Waals surface area contributed by atoms with Crippen molar-refractivity contribution < 1.29 is 9.47 Å². The van der Waals surface area contributed by atoms with Crippen molar-refractivity contribution in [2.45, 2.75) is 13.8 Å². The predicted octanol–water partition coefficient (Wildman–Crippen LogP) is 3.67. The number of hydrogen-bond acceptors (Lipinski definition) is 3. The molecule has 1 aromatic heterocycles. The summed E-state index contributed by atoms with van der Waals surface area (Å²) in [4.78, 5) is 0. The normalized spacial score (nSPS) is 10.3. The summed E-state index contributed by atoms with van der Waals surface area (Å²) < 4.78 is 12.1. The first-order chi connectivity index (χ1) is 8.22. The summed E-state index contributed by atoms with van der Waals surface area (Å²) in [5, 5.41) is 6.89. The van der Waals surface area contributed by atoms with Crippen LogP contribution in [-0.4, -0.2) is 16.8 Å². The first-order valence-corrected chi connectivity index (χ1v) is 6.11. The lowest BCUT2D eigenvalue weighted by Gasteiger charge is -2.08. The van der Waals surface area contributed by atoms with Gasteiger partial charge in [0, 0.05) is 0 Å². The second kappa shape index (κ2) is 5.23. The van der Waals surface area contributed by atoms with E-state index < -0.39 is 0 Å². The van der Waals surface area contributed by atoms with Crippen LogP contribution >= 0.6 is 15.9 Å². The van der Waals surface area contributed by atoms with E-state index in [1.54, 1.807) is 0 Å². The standard InChI is InChI=1S/C12H13BrN2O2/c1-3-16-12-11(8(2)14-15-12)17-10-7-5-4-6-9(10)13/h4-7H,3H2,1-2H3,(H,14,15). The Hall–Kier alpha value is -1.49. The molecule has 0 spiro atoms. The van der Waals surface area contributed by atoms with E-state index >= 15 is 0 Å². The topological polar surface area (TPSA) is 47.1 Å². The van der Waals surface area contributed by atoms with E-state index in [0.29, 0.717) is 18.2 Å². The summed E-state index contributed by atoms with van der Waals surface area (Å²) in [7, 11) is 0. The number of nitrogens with one attached hydrogen (secondary N) is 1. The van der Waals surface area contributed by atoms with E-state index in [-0.39, 0.29) is 0 Å². The lowest BCUT2D eigenvalue weighted by Crippen LogP contribution is -1.94. The van der Waals surface area contributed by atoms with Gasteiger partial charge in [0.25, 0.3) is 5.88 Å². The van der Waals surface area contributed by atoms with Gasteiger partial charge in [-0.3, -0.25) is 5.10 Å². The molecular formula is C12H13BrN2O2. The lowest BCUT2D eigenvalue weighted by molar-refractivity contribution is 0.309. The van der Waals surface area contributed by atoms with Crippen molar-refractivity contribution >= 4 is 15.9 Å². The van der Waals surface area contributed by atoms with Crippen LogP contribution in [0.5, 0.6) is 17.4 Å². The molecule has 2 rings (SSSR count). The molecule has 0 aliphatic heterocycles. The molecule has 0 radical (unpaired) electrons. The monoisotopic (exact) mass is 296 g/mol. The molecule has 0 saturated carbocycles. The number of halogens is 1. The second-order valence-electron chi connectivity index (χ2n) is 3.45. The Bertz CT molecular complexity index is 511. The van der Waals surface area contributed by atoms with E-state index in [4.69, 9.17) is 9.47 Å². The van der Waals surface area contributed by atoms with Crippen molar-refractivity contribution in [3.05, 3.63) is 34.4 Å². The Labute approximate surface area is 108 Å². The van der Waals surface area contributed by atoms with Crippen LogP contribution in [0.15, 0.2) is 28.7 Å². The van der Waals surface area contributed by atoms with Crippen LogP contribution in [0.1, 0.15) is 12.6 Å². The SMILES string of the molecule is CCOc1n[nH]c(C)c1Oc1ccccc1Br. The zero-order valence-electron chi connectivity index (χ0n) is 9.66. The average Bonchev–Trinajstić information content (AvgIpc) is 2.65. The number of hydrogen-bond donors (Lipinski definition) is 1. The maximum atomic E-state index is 5.80. The molecule has 2 aromatic rings. The highest BCUT2D eigenvalue weighted by atomic mass is 79.9. The van der Waals surface area contributed by atoms with Crippen molar-refractivity contribution in [2.24, 2.45) is 0 Å². The molecule has 90 valence electrons. The molecule has 0 bridgehead atoms. The zero-order valence-corrected chi connectivity index (χ0v) is 11.2. The molecule has 0 amide bonds. The quantitative estimate of drug-likeness (QED) is 0.936. The number of para-hydroxylation sites is 1. The van der Waals surface area contributed by atoms with Gasteiger partial charge in [0.2, 0.25) is 5.75 Å². The summed E-state index contributed by atoms with van der Waals surface area (Å²) >= 11 is 3.43. The van der Waals surface area contributed by atoms with Crippen LogP contribution in [0.4, 0.5) is 0 Å². The summed E-state index contributed by atoms with van der Waals surface area (Å²) in [6.07, 6.45) is 0. The summed E-state index contributed by atoms with van der Waals surface area (Å²) in [6.45, 7) is 4.35. The predicted molar refractivity (Wildman–Crippen MR) is 68.7 cm³/mol. The molecule has 0 fully saturated rings. The maximum Gasteiger partial charge on any atom is 0.276 e. The van der Waals surface area contributed by atoms with Crippen LogP contribution in [0, 0.1) is 6.92 Å². The fourth-order valence-corrected chi connectivity index (χ4v) is 1.75. The number of nitrogens with zero attached hydrogens (tertiary/aromatic N) is 1. The number of H-pyrrole nitrogens is 1. The fraction of sp³-hybridized carbons (Fsp3) is 0.250. The van der Waals surface area contributed by atoms with E-state index in [2.05, 4.69) is 26.1 Å². The van der Waals surface area contributed by atoms with Crippen LogP contribution in [0.25, 0.3) is 0 Å². The van der Waals surface area contributed by atoms with Gasteiger partial charge in [0.15, 0.2) is 0 Å². The van der Waals surface area contributed by atoms with E-state index in [1.807, 2.05) is 38.1 Å². The molecule has 0 atom stereocenters. The number of rotatable bonds is 4. The third kappa shape index (κ3) is 2.61. The highest BCUT2D eigenvalue weighted by Crippen LogP contribution is 2.35. The summed E-state index contributed by atoms with van der Waals surface area (Å²) in [6, 6.07) is 7.65. The second-order valence-corrected chi connectivity index (χ2v) is 4.30. The average molecular weight is 297 g/mol. The number of aromatic amines is 1. The van der Waals surface area contributed by atoms with Crippen molar-refractivity contribution in [3.8, 4) is 17.4 Å². The van der Waals surface area contributed by atoms with Crippen LogP contribution in [0.2, 0.25) is 0 Å². The number of benzene rings is 1. The molecule has 0 aliphatic rings. The fourth-order valence-electron chi connectivity index (χ4n) is 1.39. The molecule has 17 heavy (non-hydrogen) atoms. The summed E-state index contributed by atoms with van der Waals surface area (Å²) in [5.41, 5.74) is 0.837. The van der Waals surface area contributed by atoms with Gasteiger partial charge in [-0.05, 0) is 41.9 Å².